The Morgan fingerprint density at radius 2 is 1.86 bits per heavy atom. The molecule has 3 aromatic rings. The summed E-state index contributed by atoms with van der Waals surface area (Å²) in [4.78, 5) is 16.2. The van der Waals surface area contributed by atoms with Gasteiger partial charge in [-0.3, -0.25) is 4.79 Å². The standard InChI is InChI=1S/C16H12N2O2S/c17-15(20)12(9-10-5-7-11(19)8-6-10)16-18-13-3-1-2-4-14(13)21-16/h1-9,19H,(H2,17,20). The van der Waals surface area contributed by atoms with Crippen LogP contribution in [0.25, 0.3) is 21.9 Å². The summed E-state index contributed by atoms with van der Waals surface area (Å²) < 4.78 is 1.00. The minimum atomic E-state index is -0.526. The van der Waals surface area contributed by atoms with Crippen LogP contribution in [0.5, 0.6) is 5.75 Å². The molecule has 3 N–H and O–H groups in total. The van der Waals surface area contributed by atoms with E-state index in [0.29, 0.717) is 10.6 Å². The first-order chi connectivity index (χ1) is 10.1. The van der Waals surface area contributed by atoms with Crippen LogP contribution in [0.3, 0.4) is 0 Å². The van der Waals surface area contributed by atoms with E-state index < -0.39 is 5.91 Å². The lowest BCUT2D eigenvalue weighted by atomic mass is 10.1. The van der Waals surface area contributed by atoms with Crippen molar-refractivity contribution in [3.63, 3.8) is 0 Å². The molecule has 0 radical (unpaired) electrons. The quantitative estimate of drug-likeness (QED) is 0.729. The van der Waals surface area contributed by atoms with E-state index in [0.717, 1.165) is 15.8 Å². The van der Waals surface area contributed by atoms with Crippen molar-refractivity contribution in [3.05, 3.63) is 59.1 Å². The van der Waals surface area contributed by atoms with Crippen LogP contribution < -0.4 is 5.73 Å². The number of nitrogens with zero attached hydrogens (tertiary/aromatic N) is 1. The molecule has 0 aliphatic rings. The van der Waals surface area contributed by atoms with E-state index in [2.05, 4.69) is 4.98 Å². The van der Waals surface area contributed by atoms with Gasteiger partial charge in [-0.15, -0.1) is 11.3 Å². The van der Waals surface area contributed by atoms with Gasteiger partial charge in [-0.25, -0.2) is 4.98 Å². The van der Waals surface area contributed by atoms with E-state index in [1.54, 1.807) is 30.3 Å². The predicted molar refractivity (Wildman–Crippen MR) is 84.8 cm³/mol. The summed E-state index contributed by atoms with van der Waals surface area (Å²) in [5.74, 6) is -0.352. The van der Waals surface area contributed by atoms with Crippen LogP contribution in [-0.4, -0.2) is 16.0 Å². The van der Waals surface area contributed by atoms with E-state index in [4.69, 9.17) is 5.73 Å². The summed E-state index contributed by atoms with van der Waals surface area (Å²) in [5, 5.41) is 9.88. The molecule has 0 bridgehead atoms. The zero-order valence-electron chi connectivity index (χ0n) is 11.0. The summed E-state index contributed by atoms with van der Waals surface area (Å²) >= 11 is 1.43. The summed E-state index contributed by atoms with van der Waals surface area (Å²) in [6, 6.07) is 14.2. The van der Waals surface area contributed by atoms with Gasteiger partial charge in [0.25, 0.3) is 5.91 Å². The number of thiazole rings is 1. The van der Waals surface area contributed by atoms with Crippen molar-refractivity contribution in [2.24, 2.45) is 5.73 Å². The molecule has 0 unspecified atom stereocenters. The molecule has 0 saturated heterocycles. The van der Waals surface area contributed by atoms with E-state index in [1.165, 1.54) is 11.3 Å². The van der Waals surface area contributed by atoms with Gasteiger partial charge in [0.2, 0.25) is 0 Å². The average Bonchev–Trinajstić information content (AvgIpc) is 2.89. The second-order valence-corrected chi connectivity index (χ2v) is 5.53. The number of amides is 1. The smallest absolute Gasteiger partial charge is 0.251 e. The van der Waals surface area contributed by atoms with Crippen molar-refractivity contribution in [1.82, 2.24) is 4.98 Å². The molecule has 5 heteroatoms. The lowest BCUT2D eigenvalue weighted by Crippen LogP contribution is -2.12. The number of aromatic hydroxyl groups is 1. The van der Waals surface area contributed by atoms with Crippen molar-refractivity contribution in [1.29, 1.82) is 0 Å². The molecular weight excluding hydrogens is 284 g/mol. The number of para-hydroxylation sites is 1. The number of rotatable bonds is 3. The van der Waals surface area contributed by atoms with E-state index >= 15 is 0 Å². The van der Waals surface area contributed by atoms with E-state index in [9.17, 15) is 9.90 Å². The van der Waals surface area contributed by atoms with Gasteiger partial charge in [-0.1, -0.05) is 24.3 Å². The normalized spacial score (nSPS) is 11.7. The number of hydrogen-bond donors (Lipinski definition) is 2. The van der Waals surface area contributed by atoms with Crippen LogP contribution in [0.1, 0.15) is 10.6 Å². The Labute approximate surface area is 125 Å². The maximum atomic E-state index is 11.7. The summed E-state index contributed by atoms with van der Waals surface area (Å²) in [6.07, 6.45) is 1.68. The first kappa shape index (κ1) is 13.3. The Morgan fingerprint density at radius 1 is 1.14 bits per heavy atom. The third-order valence-electron chi connectivity index (χ3n) is 2.99. The number of hydrogen-bond acceptors (Lipinski definition) is 4. The third-order valence-corrected chi connectivity index (χ3v) is 4.06. The maximum absolute atomic E-state index is 11.7. The van der Waals surface area contributed by atoms with Crippen molar-refractivity contribution < 1.29 is 9.90 Å². The highest BCUT2D eigenvalue weighted by atomic mass is 32.1. The molecule has 0 saturated carbocycles. The monoisotopic (exact) mass is 296 g/mol. The van der Waals surface area contributed by atoms with Crippen LogP contribution in [0, 0.1) is 0 Å². The molecule has 4 nitrogen and oxygen atoms in total. The van der Waals surface area contributed by atoms with E-state index in [1.807, 2.05) is 24.3 Å². The van der Waals surface area contributed by atoms with Crippen molar-refractivity contribution >= 4 is 39.1 Å². The number of primary amides is 1. The minimum absolute atomic E-state index is 0.174. The van der Waals surface area contributed by atoms with Crippen molar-refractivity contribution in [2.45, 2.75) is 0 Å². The topological polar surface area (TPSA) is 76.2 Å². The first-order valence-electron chi connectivity index (χ1n) is 6.30. The first-order valence-corrected chi connectivity index (χ1v) is 7.11. The van der Waals surface area contributed by atoms with Gasteiger partial charge in [-0.2, -0.15) is 0 Å². The summed E-state index contributed by atoms with van der Waals surface area (Å²) in [6.45, 7) is 0. The summed E-state index contributed by atoms with van der Waals surface area (Å²) in [5.41, 5.74) is 7.46. The van der Waals surface area contributed by atoms with Gasteiger partial charge in [0, 0.05) is 0 Å². The molecule has 1 heterocycles. The van der Waals surface area contributed by atoms with Crippen molar-refractivity contribution in [2.75, 3.05) is 0 Å². The van der Waals surface area contributed by atoms with Crippen LogP contribution in [0.15, 0.2) is 48.5 Å². The van der Waals surface area contributed by atoms with Gasteiger partial charge < -0.3 is 10.8 Å². The second-order valence-electron chi connectivity index (χ2n) is 4.50. The SMILES string of the molecule is NC(=O)C(=Cc1ccc(O)cc1)c1nc2ccccc2s1. The average molecular weight is 296 g/mol. The van der Waals surface area contributed by atoms with Gasteiger partial charge in [0.1, 0.15) is 10.8 Å². The molecule has 0 aliphatic carbocycles. The number of benzene rings is 2. The third kappa shape index (κ3) is 2.78. The Hall–Kier alpha value is -2.66. The Bertz CT molecular complexity index is 802. The molecule has 2 aromatic carbocycles. The minimum Gasteiger partial charge on any atom is -0.508 e. The molecule has 0 fully saturated rings. The zero-order chi connectivity index (χ0) is 14.8. The summed E-state index contributed by atoms with van der Waals surface area (Å²) in [7, 11) is 0. The number of phenolic OH excluding ortho intramolecular Hbond substituents is 1. The fourth-order valence-electron chi connectivity index (χ4n) is 1.96. The van der Waals surface area contributed by atoms with Crippen LogP contribution in [0.2, 0.25) is 0 Å². The molecule has 21 heavy (non-hydrogen) atoms. The Kier molecular flexibility index (Phi) is 3.41. The number of nitrogens with two attached hydrogens (primary N) is 1. The number of aromatic nitrogens is 1. The molecule has 1 aromatic heterocycles. The number of fused-ring (bicyclic) bond motifs is 1. The fourth-order valence-corrected chi connectivity index (χ4v) is 2.95. The van der Waals surface area contributed by atoms with Crippen LogP contribution in [-0.2, 0) is 4.79 Å². The van der Waals surface area contributed by atoms with Gasteiger partial charge in [0.05, 0.1) is 15.8 Å². The molecule has 0 atom stereocenters. The predicted octanol–water partition coefficient (Wildman–Crippen LogP) is 3.03. The van der Waals surface area contributed by atoms with Gasteiger partial charge >= 0.3 is 0 Å². The van der Waals surface area contributed by atoms with Crippen molar-refractivity contribution in [3.8, 4) is 5.75 Å². The van der Waals surface area contributed by atoms with Crippen LogP contribution in [0.4, 0.5) is 0 Å². The van der Waals surface area contributed by atoms with Gasteiger partial charge in [-0.05, 0) is 35.9 Å². The molecule has 3 rings (SSSR count). The van der Waals surface area contributed by atoms with Crippen LogP contribution >= 0.6 is 11.3 Å². The maximum Gasteiger partial charge on any atom is 0.251 e. The Morgan fingerprint density at radius 3 is 2.52 bits per heavy atom. The second kappa shape index (κ2) is 5.38. The number of carbonyl (C=O) groups excluding carboxylic acids is 1. The molecule has 1 amide bonds. The molecule has 104 valence electrons. The highest BCUT2D eigenvalue weighted by molar-refractivity contribution is 7.19. The number of carbonyl (C=O) groups is 1. The molecular formula is C16H12N2O2S. The highest BCUT2D eigenvalue weighted by Crippen LogP contribution is 2.28. The van der Waals surface area contributed by atoms with E-state index in [-0.39, 0.29) is 5.75 Å². The fraction of sp³-hybridized carbons (Fsp3) is 0. The number of phenols is 1. The zero-order valence-corrected chi connectivity index (χ0v) is 11.8. The Balaban J connectivity index is 2.09. The van der Waals surface area contributed by atoms with Gasteiger partial charge in [0.15, 0.2) is 0 Å². The largest absolute Gasteiger partial charge is 0.508 e. The molecule has 0 spiro atoms. The molecule has 0 aliphatic heterocycles. The highest BCUT2D eigenvalue weighted by Gasteiger charge is 2.13. The lowest BCUT2D eigenvalue weighted by molar-refractivity contribution is -0.112. The lowest BCUT2D eigenvalue weighted by Gasteiger charge is -2.00.